The summed E-state index contributed by atoms with van der Waals surface area (Å²) in [7, 11) is -3.54. The lowest BCUT2D eigenvalue weighted by molar-refractivity contribution is 0.601. The molecule has 0 spiro atoms. The van der Waals surface area contributed by atoms with Crippen LogP contribution in [0.1, 0.15) is 42.9 Å². The fraction of sp³-hybridized carbons (Fsp3) is 0.333. The van der Waals surface area contributed by atoms with E-state index in [-0.39, 0.29) is 0 Å². The van der Waals surface area contributed by atoms with Crippen LogP contribution in [0.2, 0.25) is 0 Å². The highest BCUT2D eigenvalue weighted by Crippen LogP contribution is 2.23. The van der Waals surface area contributed by atoms with Crippen molar-refractivity contribution in [2.45, 2.75) is 44.9 Å². The van der Waals surface area contributed by atoms with Gasteiger partial charge >= 0.3 is 0 Å². The number of hydrogen-bond donors (Lipinski definition) is 1. The van der Waals surface area contributed by atoms with E-state index in [9.17, 15) is 8.42 Å². The molecule has 0 aliphatic rings. The number of nitrogens with one attached hydrogen (secondary N) is 1. The molecule has 4 heteroatoms. The molecular formula is C18H23NO2S. The standard InChI is InChI=1S/C18H23NO2S/c1-5-13(2)16-7-9-17(10-8-16)19-22(20,21)18-11-6-14(3)15(4)12-18/h6-13,19H,5H2,1-4H3/t13-/m0/s1. The van der Waals surface area contributed by atoms with Gasteiger partial charge in [0, 0.05) is 5.69 Å². The average Bonchev–Trinajstić information content (AvgIpc) is 2.49. The van der Waals surface area contributed by atoms with Gasteiger partial charge in [0.15, 0.2) is 0 Å². The maximum Gasteiger partial charge on any atom is 0.261 e. The molecule has 0 unspecified atom stereocenters. The Hall–Kier alpha value is -1.81. The van der Waals surface area contributed by atoms with E-state index >= 15 is 0 Å². The van der Waals surface area contributed by atoms with Crippen molar-refractivity contribution >= 4 is 15.7 Å². The summed E-state index contributed by atoms with van der Waals surface area (Å²) in [6.45, 7) is 8.18. The monoisotopic (exact) mass is 317 g/mol. The molecule has 0 saturated heterocycles. The molecule has 0 heterocycles. The van der Waals surface area contributed by atoms with Crippen LogP contribution in [0.25, 0.3) is 0 Å². The van der Waals surface area contributed by atoms with Crippen molar-refractivity contribution in [1.82, 2.24) is 0 Å². The Labute approximate surface area is 133 Å². The number of benzene rings is 2. The lowest BCUT2D eigenvalue weighted by atomic mass is 9.99. The van der Waals surface area contributed by atoms with Gasteiger partial charge in [0.25, 0.3) is 10.0 Å². The minimum atomic E-state index is -3.54. The van der Waals surface area contributed by atoms with E-state index in [1.165, 1.54) is 5.56 Å². The van der Waals surface area contributed by atoms with Gasteiger partial charge < -0.3 is 0 Å². The topological polar surface area (TPSA) is 46.2 Å². The predicted octanol–water partition coefficient (Wildman–Crippen LogP) is 4.62. The molecule has 0 aliphatic carbocycles. The van der Waals surface area contributed by atoms with Crippen LogP contribution in [0.4, 0.5) is 5.69 Å². The third-order valence-electron chi connectivity index (χ3n) is 4.13. The molecule has 0 saturated carbocycles. The zero-order valence-electron chi connectivity index (χ0n) is 13.6. The van der Waals surface area contributed by atoms with Crippen molar-refractivity contribution in [3.63, 3.8) is 0 Å². The van der Waals surface area contributed by atoms with Crippen LogP contribution >= 0.6 is 0 Å². The summed E-state index contributed by atoms with van der Waals surface area (Å²) >= 11 is 0. The van der Waals surface area contributed by atoms with E-state index in [1.807, 2.05) is 44.2 Å². The Morgan fingerprint density at radius 3 is 2.18 bits per heavy atom. The molecule has 2 rings (SSSR count). The first-order valence-corrected chi connectivity index (χ1v) is 9.02. The minimum Gasteiger partial charge on any atom is -0.280 e. The highest BCUT2D eigenvalue weighted by molar-refractivity contribution is 7.92. The first-order valence-electron chi connectivity index (χ1n) is 7.53. The molecule has 0 aromatic heterocycles. The van der Waals surface area contributed by atoms with E-state index in [0.29, 0.717) is 16.5 Å². The molecule has 1 atom stereocenters. The summed E-state index contributed by atoms with van der Waals surface area (Å²) in [4.78, 5) is 0.293. The van der Waals surface area contributed by atoms with Crippen LogP contribution < -0.4 is 4.72 Å². The Kier molecular flexibility index (Phi) is 4.91. The van der Waals surface area contributed by atoms with E-state index in [1.54, 1.807) is 12.1 Å². The fourth-order valence-electron chi connectivity index (χ4n) is 2.21. The first-order chi connectivity index (χ1) is 10.3. The highest BCUT2D eigenvalue weighted by Gasteiger charge is 2.15. The van der Waals surface area contributed by atoms with Gasteiger partial charge in [-0.05, 0) is 67.1 Å². The number of anilines is 1. The van der Waals surface area contributed by atoms with Crippen molar-refractivity contribution < 1.29 is 8.42 Å². The van der Waals surface area contributed by atoms with Crippen molar-refractivity contribution in [1.29, 1.82) is 0 Å². The molecule has 0 bridgehead atoms. The lowest BCUT2D eigenvalue weighted by Crippen LogP contribution is -2.13. The molecule has 1 N–H and O–H groups in total. The second-order valence-electron chi connectivity index (χ2n) is 5.78. The van der Waals surface area contributed by atoms with Crippen molar-refractivity contribution in [2.75, 3.05) is 4.72 Å². The third kappa shape index (κ3) is 3.69. The summed E-state index contributed by atoms with van der Waals surface area (Å²) in [6, 6.07) is 12.8. The summed E-state index contributed by atoms with van der Waals surface area (Å²) < 4.78 is 27.5. The largest absolute Gasteiger partial charge is 0.280 e. The number of aryl methyl sites for hydroxylation is 2. The van der Waals surface area contributed by atoms with Crippen LogP contribution in [0.3, 0.4) is 0 Å². The lowest BCUT2D eigenvalue weighted by Gasteiger charge is -2.12. The van der Waals surface area contributed by atoms with Gasteiger partial charge in [-0.1, -0.05) is 32.0 Å². The fourth-order valence-corrected chi connectivity index (χ4v) is 3.35. The summed E-state index contributed by atoms with van der Waals surface area (Å²) in [5, 5.41) is 0. The zero-order chi connectivity index (χ0) is 16.3. The predicted molar refractivity (Wildman–Crippen MR) is 91.9 cm³/mol. The molecule has 118 valence electrons. The van der Waals surface area contributed by atoms with Gasteiger partial charge in [-0.2, -0.15) is 0 Å². The van der Waals surface area contributed by atoms with E-state index in [0.717, 1.165) is 17.5 Å². The number of rotatable bonds is 5. The normalized spacial score (nSPS) is 12.9. The van der Waals surface area contributed by atoms with E-state index in [4.69, 9.17) is 0 Å². The van der Waals surface area contributed by atoms with Gasteiger partial charge in [0.05, 0.1) is 4.90 Å². The maximum atomic E-state index is 12.4. The molecule has 2 aromatic carbocycles. The maximum absolute atomic E-state index is 12.4. The van der Waals surface area contributed by atoms with Crippen LogP contribution in [0, 0.1) is 13.8 Å². The molecule has 0 radical (unpaired) electrons. The van der Waals surface area contributed by atoms with E-state index in [2.05, 4.69) is 18.6 Å². The molecular weight excluding hydrogens is 294 g/mol. The van der Waals surface area contributed by atoms with Crippen LogP contribution in [-0.2, 0) is 10.0 Å². The van der Waals surface area contributed by atoms with Crippen molar-refractivity contribution in [3.05, 3.63) is 59.2 Å². The summed E-state index contributed by atoms with van der Waals surface area (Å²) in [5.74, 6) is 0.477. The number of sulfonamides is 1. The molecule has 0 amide bonds. The third-order valence-corrected chi connectivity index (χ3v) is 5.51. The molecule has 2 aromatic rings. The van der Waals surface area contributed by atoms with Gasteiger partial charge in [-0.25, -0.2) is 8.42 Å². The summed E-state index contributed by atoms with van der Waals surface area (Å²) in [6.07, 6.45) is 1.06. The number of hydrogen-bond acceptors (Lipinski definition) is 2. The van der Waals surface area contributed by atoms with Crippen LogP contribution in [0.15, 0.2) is 47.4 Å². The molecule has 0 aliphatic heterocycles. The van der Waals surface area contributed by atoms with Gasteiger partial charge in [0.1, 0.15) is 0 Å². The Balaban J connectivity index is 2.23. The summed E-state index contributed by atoms with van der Waals surface area (Å²) in [5.41, 5.74) is 3.86. The Bertz CT molecular complexity index is 749. The SMILES string of the molecule is CC[C@H](C)c1ccc(NS(=O)(=O)c2ccc(C)c(C)c2)cc1. The van der Waals surface area contributed by atoms with Crippen LogP contribution in [0.5, 0.6) is 0 Å². The Morgan fingerprint density at radius 2 is 1.64 bits per heavy atom. The van der Waals surface area contributed by atoms with Gasteiger partial charge in [0.2, 0.25) is 0 Å². The van der Waals surface area contributed by atoms with Gasteiger partial charge in [-0.15, -0.1) is 0 Å². The smallest absolute Gasteiger partial charge is 0.261 e. The quantitative estimate of drug-likeness (QED) is 0.874. The Morgan fingerprint density at radius 1 is 1.00 bits per heavy atom. The zero-order valence-corrected chi connectivity index (χ0v) is 14.4. The molecule has 22 heavy (non-hydrogen) atoms. The van der Waals surface area contributed by atoms with Gasteiger partial charge in [-0.3, -0.25) is 4.72 Å². The highest BCUT2D eigenvalue weighted by atomic mass is 32.2. The van der Waals surface area contributed by atoms with Crippen molar-refractivity contribution in [2.24, 2.45) is 0 Å². The minimum absolute atomic E-state index is 0.293. The average molecular weight is 317 g/mol. The molecule has 3 nitrogen and oxygen atoms in total. The molecule has 0 fully saturated rings. The second kappa shape index (κ2) is 6.53. The van der Waals surface area contributed by atoms with Crippen molar-refractivity contribution in [3.8, 4) is 0 Å². The van der Waals surface area contributed by atoms with E-state index < -0.39 is 10.0 Å². The first kappa shape index (κ1) is 16.6. The second-order valence-corrected chi connectivity index (χ2v) is 7.47. The van der Waals surface area contributed by atoms with Crippen LogP contribution in [-0.4, -0.2) is 8.42 Å².